The average Bonchev–Trinajstić information content (AvgIpc) is 2.56. The number of carbonyl (C=O) groups excluding carboxylic acids is 1. The number of hydrogen-bond acceptors (Lipinski definition) is 2. The summed E-state index contributed by atoms with van der Waals surface area (Å²) in [5, 5.41) is 3.01. The molecule has 0 aromatic rings. The minimum absolute atomic E-state index is 0. The van der Waals surface area contributed by atoms with Gasteiger partial charge in [-0.25, -0.2) is 0 Å². The first-order valence-corrected chi connectivity index (χ1v) is 10.9. The van der Waals surface area contributed by atoms with Crippen LogP contribution in [0.4, 0.5) is 0 Å². The lowest BCUT2D eigenvalue weighted by molar-refractivity contribution is -0.121. The molecule has 0 heterocycles. The number of hydrogen-bond donors (Lipinski definition) is 2. The van der Waals surface area contributed by atoms with Gasteiger partial charge in [0.1, 0.15) is 0 Å². The third-order valence-electron chi connectivity index (χ3n) is 5.38. The molecule has 0 aromatic carbocycles. The Morgan fingerprint density at radius 2 is 1.23 bits per heavy atom. The number of halogens is 1. The van der Waals surface area contributed by atoms with E-state index in [-0.39, 0.29) is 23.9 Å². The lowest BCUT2D eigenvalue weighted by atomic mass is 9.90. The fourth-order valence-electron chi connectivity index (χ4n) is 2.92. The molecule has 0 bridgehead atoms. The number of nitrogens with two attached hydrogens (primary N) is 1. The molecule has 0 spiro atoms. The molecule has 3 N–H and O–H groups in total. The highest BCUT2D eigenvalue weighted by Crippen LogP contribution is 2.13. The second-order valence-electron chi connectivity index (χ2n) is 8.52. The van der Waals surface area contributed by atoms with Crippen molar-refractivity contribution >= 4 is 18.3 Å². The highest BCUT2D eigenvalue weighted by Gasteiger charge is 2.20. The smallest absolute Gasteiger partial charge is 0.220 e. The van der Waals surface area contributed by atoms with E-state index in [1.165, 1.54) is 77.0 Å². The fourth-order valence-corrected chi connectivity index (χ4v) is 2.92. The molecule has 1 unspecified atom stereocenters. The molecule has 0 aromatic heterocycles. The number of amides is 1. The quantitative estimate of drug-likeness (QED) is 0.283. The molecule has 1 atom stereocenters. The van der Waals surface area contributed by atoms with Crippen molar-refractivity contribution < 1.29 is 4.79 Å². The maximum absolute atomic E-state index is 11.8. The number of rotatable bonds is 17. The second-order valence-corrected chi connectivity index (χ2v) is 8.52. The van der Waals surface area contributed by atoms with Gasteiger partial charge >= 0.3 is 0 Å². The largest absolute Gasteiger partial charge is 0.356 e. The Morgan fingerprint density at radius 1 is 0.846 bits per heavy atom. The SMILES string of the molecule is CCCCCCCCCCCCCCCC(=O)NCC(C)C(C)(C)N.Cl. The molecule has 0 aliphatic rings. The van der Waals surface area contributed by atoms with Gasteiger partial charge in [0.05, 0.1) is 0 Å². The van der Waals surface area contributed by atoms with Crippen LogP contribution >= 0.6 is 12.4 Å². The van der Waals surface area contributed by atoms with Crippen molar-refractivity contribution in [3.8, 4) is 0 Å². The number of unbranched alkanes of at least 4 members (excludes halogenated alkanes) is 12. The molecule has 0 fully saturated rings. The van der Waals surface area contributed by atoms with Crippen LogP contribution in [0.15, 0.2) is 0 Å². The van der Waals surface area contributed by atoms with E-state index >= 15 is 0 Å². The van der Waals surface area contributed by atoms with Crippen LogP contribution in [0.25, 0.3) is 0 Å². The highest BCUT2D eigenvalue weighted by molar-refractivity contribution is 5.85. The molecule has 0 saturated carbocycles. The summed E-state index contributed by atoms with van der Waals surface area (Å²) >= 11 is 0. The zero-order valence-electron chi connectivity index (χ0n) is 18.1. The zero-order valence-corrected chi connectivity index (χ0v) is 18.9. The predicted molar refractivity (Wildman–Crippen MR) is 118 cm³/mol. The molecule has 0 aliphatic carbocycles. The second kappa shape index (κ2) is 18.1. The van der Waals surface area contributed by atoms with E-state index in [2.05, 4.69) is 19.2 Å². The van der Waals surface area contributed by atoms with Crippen LogP contribution in [-0.2, 0) is 4.79 Å². The molecular formula is C22H47ClN2O. The van der Waals surface area contributed by atoms with Crippen LogP contribution in [0.1, 0.15) is 118 Å². The van der Waals surface area contributed by atoms with Gasteiger partial charge in [-0.05, 0) is 26.2 Å². The molecule has 158 valence electrons. The van der Waals surface area contributed by atoms with E-state index in [0.29, 0.717) is 18.9 Å². The van der Waals surface area contributed by atoms with Crippen LogP contribution < -0.4 is 11.1 Å². The van der Waals surface area contributed by atoms with Crippen LogP contribution in [0.5, 0.6) is 0 Å². The molecule has 26 heavy (non-hydrogen) atoms. The van der Waals surface area contributed by atoms with Gasteiger partial charge in [-0.2, -0.15) is 0 Å². The standard InChI is InChI=1S/C22H46N2O.ClH/c1-5-6-7-8-9-10-11-12-13-14-15-16-17-18-21(25)24-19-20(2)22(3,4)23;/h20H,5-19,23H2,1-4H3,(H,24,25);1H. The molecular weight excluding hydrogens is 344 g/mol. The Balaban J connectivity index is 0. The Bertz CT molecular complexity index is 316. The number of nitrogens with one attached hydrogen (secondary N) is 1. The predicted octanol–water partition coefficient (Wildman–Crippen LogP) is 6.38. The van der Waals surface area contributed by atoms with Crippen molar-refractivity contribution in [3.63, 3.8) is 0 Å². The van der Waals surface area contributed by atoms with Gasteiger partial charge in [0.25, 0.3) is 0 Å². The first-order valence-electron chi connectivity index (χ1n) is 10.9. The molecule has 0 radical (unpaired) electrons. The van der Waals surface area contributed by atoms with E-state index in [9.17, 15) is 4.79 Å². The molecule has 0 rings (SSSR count). The fraction of sp³-hybridized carbons (Fsp3) is 0.955. The summed E-state index contributed by atoms with van der Waals surface area (Å²) in [5.74, 6) is 0.474. The van der Waals surface area contributed by atoms with E-state index in [1.807, 2.05) is 13.8 Å². The Kier molecular flexibility index (Phi) is 19.4. The summed E-state index contributed by atoms with van der Waals surface area (Å²) in [6.07, 6.45) is 18.1. The summed E-state index contributed by atoms with van der Waals surface area (Å²) in [7, 11) is 0. The van der Waals surface area contributed by atoms with Gasteiger partial charge < -0.3 is 11.1 Å². The van der Waals surface area contributed by atoms with Gasteiger partial charge in [-0.15, -0.1) is 12.4 Å². The molecule has 4 heteroatoms. The normalized spacial score (nSPS) is 12.5. The first-order chi connectivity index (χ1) is 11.9. The van der Waals surface area contributed by atoms with E-state index in [0.717, 1.165) is 6.42 Å². The van der Waals surface area contributed by atoms with Crippen LogP contribution in [-0.4, -0.2) is 18.0 Å². The molecule has 3 nitrogen and oxygen atoms in total. The van der Waals surface area contributed by atoms with Gasteiger partial charge in [-0.1, -0.05) is 90.9 Å². The van der Waals surface area contributed by atoms with Crippen molar-refractivity contribution in [1.82, 2.24) is 5.32 Å². The minimum atomic E-state index is -0.233. The molecule has 0 aliphatic heterocycles. The van der Waals surface area contributed by atoms with Crippen molar-refractivity contribution in [2.75, 3.05) is 6.54 Å². The summed E-state index contributed by atoms with van der Waals surface area (Å²) in [6.45, 7) is 9.06. The third-order valence-corrected chi connectivity index (χ3v) is 5.38. The van der Waals surface area contributed by atoms with Crippen LogP contribution in [0, 0.1) is 5.92 Å². The lowest BCUT2D eigenvalue weighted by Crippen LogP contribution is -2.45. The molecule has 1 amide bonds. The Morgan fingerprint density at radius 3 is 1.62 bits per heavy atom. The zero-order chi connectivity index (χ0) is 19.0. The van der Waals surface area contributed by atoms with Crippen LogP contribution in [0.2, 0.25) is 0 Å². The van der Waals surface area contributed by atoms with Gasteiger partial charge in [0.15, 0.2) is 0 Å². The summed E-state index contributed by atoms with van der Waals surface area (Å²) < 4.78 is 0. The summed E-state index contributed by atoms with van der Waals surface area (Å²) in [5.41, 5.74) is 5.81. The van der Waals surface area contributed by atoms with Crippen molar-refractivity contribution in [2.24, 2.45) is 11.7 Å². The van der Waals surface area contributed by atoms with Crippen molar-refractivity contribution in [1.29, 1.82) is 0 Å². The maximum Gasteiger partial charge on any atom is 0.220 e. The van der Waals surface area contributed by atoms with E-state index in [1.54, 1.807) is 0 Å². The van der Waals surface area contributed by atoms with Crippen LogP contribution in [0.3, 0.4) is 0 Å². The Hall–Kier alpha value is -0.280. The van der Waals surface area contributed by atoms with Crippen molar-refractivity contribution in [2.45, 2.75) is 123 Å². The molecule has 0 saturated heterocycles. The summed E-state index contributed by atoms with van der Waals surface area (Å²) in [6, 6.07) is 0. The first kappa shape index (κ1) is 27.9. The lowest BCUT2D eigenvalue weighted by Gasteiger charge is -2.27. The highest BCUT2D eigenvalue weighted by atomic mass is 35.5. The van der Waals surface area contributed by atoms with Gasteiger partial charge in [0, 0.05) is 18.5 Å². The number of carbonyl (C=O) groups is 1. The van der Waals surface area contributed by atoms with E-state index in [4.69, 9.17) is 5.73 Å². The minimum Gasteiger partial charge on any atom is -0.356 e. The average molecular weight is 391 g/mol. The van der Waals surface area contributed by atoms with Gasteiger partial charge in [-0.3, -0.25) is 4.79 Å². The Labute approximate surface area is 170 Å². The third kappa shape index (κ3) is 18.5. The van der Waals surface area contributed by atoms with Gasteiger partial charge in [0.2, 0.25) is 5.91 Å². The monoisotopic (exact) mass is 390 g/mol. The summed E-state index contributed by atoms with van der Waals surface area (Å²) in [4.78, 5) is 11.8. The van der Waals surface area contributed by atoms with E-state index < -0.39 is 0 Å². The topological polar surface area (TPSA) is 55.1 Å². The van der Waals surface area contributed by atoms with Crippen molar-refractivity contribution in [3.05, 3.63) is 0 Å². The maximum atomic E-state index is 11.8.